The summed E-state index contributed by atoms with van der Waals surface area (Å²) in [5, 5.41) is 31.2. The first kappa shape index (κ1) is 30.5. The van der Waals surface area contributed by atoms with Crippen LogP contribution in [0.2, 0.25) is 0 Å². The first-order chi connectivity index (χ1) is 16.7. The number of carbonyl (C=O) groups excluding carboxylic acids is 2. The fourth-order valence-corrected chi connectivity index (χ4v) is 5.63. The number of aliphatic hydroxyl groups excluding tert-OH is 2. The molecule has 1 aromatic rings. The van der Waals surface area contributed by atoms with Gasteiger partial charge in [0.15, 0.2) is 5.78 Å². The van der Waals surface area contributed by atoms with E-state index < -0.39 is 24.6 Å². The molecule has 190 valence electrons. The number of fused-ring (bicyclic) bond motifs is 1. The van der Waals surface area contributed by atoms with E-state index in [9.17, 15) is 24.9 Å². The summed E-state index contributed by atoms with van der Waals surface area (Å²) in [5.41, 5.74) is 2.25. The minimum absolute atomic E-state index is 0. The Morgan fingerprint density at radius 3 is 2.64 bits per heavy atom. The Labute approximate surface area is 236 Å². The summed E-state index contributed by atoms with van der Waals surface area (Å²) in [6.07, 6.45) is 14.3. The van der Waals surface area contributed by atoms with Crippen LogP contribution in [-0.2, 0) is 4.79 Å². The van der Waals surface area contributed by atoms with Crippen LogP contribution in [0.25, 0.3) is 0 Å². The van der Waals surface area contributed by atoms with Gasteiger partial charge < -0.3 is 25.1 Å². The van der Waals surface area contributed by atoms with Crippen molar-refractivity contribution in [3.63, 3.8) is 0 Å². The maximum absolute atomic E-state index is 13.6. The average Bonchev–Trinajstić information content (AvgIpc) is 3.49. The van der Waals surface area contributed by atoms with Gasteiger partial charge in [0.25, 0.3) is 0 Å². The number of carboxylic acid groups (broad SMARTS) is 1. The molecule has 3 N–H and O–H groups in total. The Kier molecular flexibility index (Phi) is 12.1. The third-order valence-electron chi connectivity index (χ3n) is 7.61. The van der Waals surface area contributed by atoms with Gasteiger partial charge in [-0.25, -0.2) is 0 Å². The zero-order chi connectivity index (χ0) is 25.5. The van der Waals surface area contributed by atoms with Crippen molar-refractivity contribution in [3.8, 4) is 0 Å². The van der Waals surface area contributed by atoms with Crippen LogP contribution in [0, 0.1) is 29.6 Å². The van der Waals surface area contributed by atoms with Crippen molar-refractivity contribution in [2.45, 2.75) is 65.1 Å². The van der Waals surface area contributed by atoms with E-state index in [0.717, 1.165) is 24.0 Å². The first-order valence-corrected chi connectivity index (χ1v) is 12.7. The van der Waals surface area contributed by atoms with Gasteiger partial charge in [-0.1, -0.05) is 50.3 Å². The average molecular weight is 504 g/mol. The summed E-state index contributed by atoms with van der Waals surface area (Å²) in [5.74, 6) is -0.0961. The van der Waals surface area contributed by atoms with Crippen LogP contribution in [0.15, 0.2) is 65.9 Å². The molecule has 0 radical (unpaired) electrons. The second-order valence-corrected chi connectivity index (χ2v) is 10.0. The van der Waals surface area contributed by atoms with E-state index in [2.05, 4.69) is 30.1 Å². The second-order valence-electron chi connectivity index (χ2n) is 10.0. The second kappa shape index (κ2) is 14.3. The number of aliphatic carboxylic acids is 1. The number of nitrogens with one attached hydrogen (secondary N) is 1. The van der Waals surface area contributed by atoms with E-state index in [1.807, 2.05) is 26.0 Å². The van der Waals surface area contributed by atoms with Gasteiger partial charge in [0.05, 0.1) is 17.9 Å². The Balaban J connectivity index is 0.00000456. The number of carboxylic acids is 1. The van der Waals surface area contributed by atoms with Crippen molar-refractivity contribution < 1.29 is 54.5 Å². The molecule has 1 saturated carbocycles. The van der Waals surface area contributed by atoms with Crippen molar-refractivity contribution in [2.75, 3.05) is 0 Å². The molecule has 0 amide bonds. The smallest absolute Gasteiger partial charge is 0.550 e. The van der Waals surface area contributed by atoms with Crippen molar-refractivity contribution in [3.05, 3.63) is 71.6 Å². The van der Waals surface area contributed by atoms with E-state index in [1.165, 1.54) is 0 Å². The van der Waals surface area contributed by atoms with Crippen molar-refractivity contribution in [1.82, 2.24) is 4.98 Å². The number of Topliss-reactive ketones (excluding diaryl/α,β-unsaturated/α-hetero) is 1. The molecule has 0 bridgehead atoms. The molecule has 1 aromatic heterocycles. The standard InChI is InChI=1S/C29H39NO5.Na/c1-4-20(28(34)19(3)8-5-6-9-22(31)17-26(32)33)16-21-12-14-23-18(2)11-13-24(23)27(21)29(35)25-10-7-15-30-25;/h5-8,10,12,14-16,18,21-24,27-28,30-31,34H,4,9,11,13,17H2,1-3H3,(H,32,33);/q;+1/p-1/b6-5-,19-8+,20-16+;. The Hall–Kier alpha value is -1.70. The molecule has 2 aliphatic rings. The number of H-pyrrole nitrogens is 1. The topological polar surface area (TPSA) is 113 Å². The van der Waals surface area contributed by atoms with E-state index >= 15 is 0 Å². The number of hydrogen-bond acceptors (Lipinski definition) is 5. The number of aromatic nitrogens is 1. The minimum atomic E-state index is -1.28. The van der Waals surface area contributed by atoms with Crippen LogP contribution in [0.1, 0.15) is 63.4 Å². The van der Waals surface area contributed by atoms with Crippen LogP contribution in [0.4, 0.5) is 0 Å². The third kappa shape index (κ3) is 7.65. The molecule has 7 heteroatoms. The maximum atomic E-state index is 13.6. The van der Waals surface area contributed by atoms with Crippen LogP contribution >= 0.6 is 0 Å². The van der Waals surface area contributed by atoms with Gasteiger partial charge in [-0.3, -0.25) is 4.79 Å². The minimum Gasteiger partial charge on any atom is -0.550 e. The van der Waals surface area contributed by atoms with E-state index in [4.69, 9.17) is 0 Å². The first-order valence-electron chi connectivity index (χ1n) is 12.7. The van der Waals surface area contributed by atoms with Gasteiger partial charge in [-0.2, -0.15) is 0 Å². The van der Waals surface area contributed by atoms with Crippen LogP contribution in [-0.4, -0.2) is 39.2 Å². The predicted octanol–water partition coefficient (Wildman–Crippen LogP) is 0.757. The zero-order valence-electron chi connectivity index (χ0n) is 21.9. The third-order valence-corrected chi connectivity index (χ3v) is 7.61. The van der Waals surface area contributed by atoms with E-state index in [-0.39, 0.29) is 53.6 Å². The predicted molar refractivity (Wildman–Crippen MR) is 134 cm³/mol. The van der Waals surface area contributed by atoms with Crippen molar-refractivity contribution in [1.29, 1.82) is 0 Å². The van der Waals surface area contributed by atoms with Gasteiger partial charge in [0.1, 0.15) is 0 Å². The van der Waals surface area contributed by atoms with Crippen LogP contribution < -0.4 is 34.7 Å². The number of aromatic amines is 1. The molecule has 36 heavy (non-hydrogen) atoms. The van der Waals surface area contributed by atoms with Crippen LogP contribution in [0.3, 0.4) is 0 Å². The zero-order valence-corrected chi connectivity index (χ0v) is 23.9. The number of aliphatic hydroxyl groups is 2. The SMILES string of the molecule is CC/C(=C\C1C=CC2C(C)CCC2C1C(=O)c1ccc[nH]1)C(O)/C(C)=C/C=C\CC(O)CC(=O)[O-].[Na+]. The molecule has 7 atom stereocenters. The molecule has 3 rings (SSSR count). The Morgan fingerprint density at radius 2 is 2.00 bits per heavy atom. The Morgan fingerprint density at radius 1 is 1.25 bits per heavy atom. The fourth-order valence-electron chi connectivity index (χ4n) is 5.63. The summed E-state index contributed by atoms with van der Waals surface area (Å²) in [6.45, 7) is 6.11. The van der Waals surface area contributed by atoms with Gasteiger partial charge in [-0.05, 0) is 73.6 Å². The Bertz CT molecular complexity index is 993. The van der Waals surface area contributed by atoms with Gasteiger partial charge in [-0.15, -0.1) is 0 Å². The molecule has 2 aliphatic carbocycles. The molecule has 1 fully saturated rings. The number of allylic oxidation sites excluding steroid dienone is 5. The molecular weight excluding hydrogens is 465 g/mol. The van der Waals surface area contributed by atoms with E-state index in [0.29, 0.717) is 29.9 Å². The van der Waals surface area contributed by atoms with Gasteiger partial charge in [0, 0.05) is 30.4 Å². The summed E-state index contributed by atoms with van der Waals surface area (Å²) >= 11 is 0. The summed E-state index contributed by atoms with van der Waals surface area (Å²) < 4.78 is 0. The normalized spacial score (nSPS) is 28.0. The molecule has 0 spiro atoms. The molecule has 1 heterocycles. The van der Waals surface area contributed by atoms with Crippen LogP contribution in [0.5, 0.6) is 0 Å². The maximum Gasteiger partial charge on any atom is 1.00 e. The van der Waals surface area contributed by atoms with E-state index in [1.54, 1.807) is 24.4 Å². The fraction of sp³-hybridized carbons (Fsp3) is 0.517. The van der Waals surface area contributed by atoms with Crippen molar-refractivity contribution in [2.24, 2.45) is 29.6 Å². The molecule has 0 aromatic carbocycles. The monoisotopic (exact) mass is 503 g/mol. The molecule has 7 unspecified atom stereocenters. The number of ketones is 1. The molecule has 0 saturated heterocycles. The molecular formula is C29H38NNaO5. The molecule has 6 nitrogen and oxygen atoms in total. The summed E-state index contributed by atoms with van der Waals surface area (Å²) in [4.78, 5) is 27.2. The van der Waals surface area contributed by atoms with Gasteiger partial charge in [0.2, 0.25) is 0 Å². The quantitative estimate of drug-likeness (QED) is 0.179. The number of carbonyl (C=O) groups is 2. The largest absolute Gasteiger partial charge is 1.00 e. The number of rotatable bonds is 11. The molecule has 0 aliphatic heterocycles. The number of hydrogen-bond donors (Lipinski definition) is 3. The summed E-state index contributed by atoms with van der Waals surface area (Å²) in [7, 11) is 0. The van der Waals surface area contributed by atoms with Gasteiger partial charge >= 0.3 is 29.6 Å². The van der Waals surface area contributed by atoms with Crippen molar-refractivity contribution >= 4 is 11.8 Å². The summed E-state index contributed by atoms with van der Waals surface area (Å²) in [6, 6.07) is 3.69.